The number of carboxylic acid groups (broad SMARTS) is 1. The van der Waals surface area contributed by atoms with Crippen LogP contribution in [0.25, 0.3) is 11.1 Å². The molecule has 0 spiro atoms. The Hall–Kier alpha value is -3.45. The number of rotatable bonds is 8. The quantitative estimate of drug-likeness (QED) is 0.305. The van der Waals surface area contributed by atoms with Gasteiger partial charge in [-0.05, 0) is 101 Å². The zero-order valence-corrected chi connectivity index (χ0v) is 21.8. The molecule has 1 fully saturated rings. The number of carbonyl (C=O) groups is 1. The molecule has 0 unspecified atom stereocenters. The molecule has 0 amide bonds. The van der Waals surface area contributed by atoms with Crippen LogP contribution in [0.4, 0.5) is 17.6 Å². The molecule has 0 atom stereocenters. The van der Waals surface area contributed by atoms with Gasteiger partial charge in [0.1, 0.15) is 0 Å². The van der Waals surface area contributed by atoms with Crippen molar-refractivity contribution >= 4 is 17.1 Å². The standard InChI is InChI=1S/C32H31F4NO2/c1-19-25(11-12-28(33)31(19)36)27-4-2-3-23-16-24(32(38)39)9-10-26(23)30(27)22-7-5-20(6-8-22)15-21-17-37(18-21)14-13-29(34)35/h5-12,16,21,29H,2-4,13-15,17-18H2,1H3,(H,38,39). The molecule has 1 saturated heterocycles. The Balaban J connectivity index is 1.50. The van der Waals surface area contributed by atoms with Gasteiger partial charge in [-0.25, -0.2) is 22.4 Å². The van der Waals surface area contributed by atoms with E-state index >= 15 is 0 Å². The van der Waals surface area contributed by atoms with Crippen molar-refractivity contribution in [2.24, 2.45) is 5.92 Å². The molecule has 1 aliphatic heterocycles. The molecule has 39 heavy (non-hydrogen) atoms. The third-order valence-corrected chi connectivity index (χ3v) is 7.92. The first-order chi connectivity index (χ1) is 18.7. The number of alkyl halides is 2. The average molecular weight is 538 g/mol. The van der Waals surface area contributed by atoms with Gasteiger partial charge < -0.3 is 10.0 Å². The maximum atomic E-state index is 14.6. The highest BCUT2D eigenvalue weighted by Crippen LogP contribution is 2.41. The maximum Gasteiger partial charge on any atom is 0.335 e. The van der Waals surface area contributed by atoms with Crippen molar-refractivity contribution in [3.63, 3.8) is 0 Å². The van der Waals surface area contributed by atoms with E-state index in [1.54, 1.807) is 25.1 Å². The van der Waals surface area contributed by atoms with Crippen LogP contribution in [0.3, 0.4) is 0 Å². The van der Waals surface area contributed by atoms with Crippen LogP contribution in [0.5, 0.6) is 0 Å². The summed E-state index contributed by atoms with van der Waals surface area (Å²) in [5, 5.41) is 9.54. The summed E-state index contributed by atoms with van der Waals surface area (Å²) in [5.74, 6) is -2.30. The summed E-state index contributed by atoms with van der Waals surface area (Å²) in [7, 11) is 0. The van der Waals surface area contributed by atoms with E-state index in [1.807, 2.05) is 18.2 Å². The van der Waals surface area contributed by atoms with E-state index < -0.39 is 24.0 Å². The van der Waals surface area contributed by atoms with Crippen LogP contribution in [-0.2, 0) is 12.8 Å². The lowest BCUT2D eigenvalue weighted by Crippen LogP contribution is -2.48. The summed E-state index contributed by atoms with van der Waals surface area (Å²) >= 11 is 0. The van der Waals surface area contributed by atoms with Crippen LogP contribution in [-0.4, -0.2) is 42.0 Å². The van der Waals surface area contributed by atoms with E-state index in [9.17, 15) is 27.5 Å². The molecular formula is C32H31F4NO2. The molecule has 3 nitrogen and oxygen atoms in total. The van der Waals surface area contributed by atoms with Gasteiger partial charge in [-0.2, -0.15) is 0 Å². The molecule has 2 aliphatic rings. The predicted molar refractivity (Wildman–Crippen MR) is 144 cm³/mol. The van der Waals surface area contributed by atoms with Gasteiger partial charge in [-0.1, -0.05) is 36.4 Å². The Morgan fingerprint density at radius 3 is 2.41 bits per heavy atom. The molecular weight excluding hydrogens is 506 g/mol. The second kappa shape index (κ2) is 11.3. The average Bonchev–Trinajstić information content (AvgIpc) is 3.08. The van der Waals surface area contributed by atoms with Crippen molar-refractivity contribution in [2.75, 3.05) is 19.6 Å². The topological polar surface area (TPSA) is 40.5 Å². The zero-order chi connectivity index (χ0) is 27.7. The van der Waals surface area contributed by atoms with Gasteiger partial charge >= 0.3 is 5.97 Å². The van der Waals surface area contributed by atoms with E-state index in [0.717, 1.165) is 65.4 Å². The molecule has 7 heteroatoms. The summed E-state index contributed by atoms with van der Waals surface area (Å²) in [4.78, 5) is 13.7. The highest BCUT2D eigenvalue weighted by atomic mass is 19.3. The predicted octanol–water partition coefficient (Wildman–Crippen LogP) is 7.40. The number of benzene rings is 3. The van der Waals surface area contributed by atoms with E-state index in [1.165, 1.54) is 0 Å². The number of halogens is 4. The highest BCUT2D eigenvalue weighted by molar-refractivity contribution is 6.01. The van der Waals surface area contributed by atoms with Crippen LogP contribution in [0.15, 0.2) is 54.6 Å². The molecule has 1 heterocycles. The van der Waals surface area contributed by atoms with Gasteiger partial charge in [-0.3, -0.25) is 0 Å². The smallest absolute Gasteiger partial charge is 0.335 e. The summed E-state index contributed by atoms with van der Waals surface area (Å²) in [6.07, 6.45) is 0.555. The minimum absolute atomic E-state index is 0.0915. The van der Waals surface area contributed by atoms with Gasteiger partial charge in [0.25, 0.3) is 0 Å². The Morgan fingerprint density at radius 1 is 1.00 bits per heavy atom. The van der Waals surface area contributed by atoms with Gasteiger partial charge in [0, 0.05) is 26.1 Å². The van der Waals surface area contributed by atoms with Crippen molar-refractivity contribution in [3.8, 4) is 0 Å². The Bertz CT molecular complexity index is 1410. The number of aromatic carboxylic acids is 1. The zero-order valence-electron chi connectivity index (χ0n) is 21.8. The molecule has 0 bridgehead atoms. The SMILES string of the molecule is Cc1c(C2=C(c3ccc(CC4CN(CCC(F)F)C4)cc3)c3ccc(C(=O)O)cc3CCC2)ccc(F)c1F. The third kappa shape index (κ3) is 5.78. The summed E-state index contributed by atoms with van der Waals surface area (Å²) < 4.78 is 53.6. The second-order valence-corrected chi connectivity index (χ2v) is 10.6. The lowest BCUT2D eigenvalue weighted by atomic mass is 9.85. The maximum absolute atomic E-state index is 14.6. The first kappa shape index (κ1) is 27.1. The second-order valence-electron chi connectivity index (χ2n) is 10.6. The van der Waals surface area contributed by atoms with E-state index in [0.29, 0.717) is 30.9 Å². The number of carboxylic acids is 1. The van der Waals surface area contributed by atoms with Crippen LogP contribution in [0.2, 0.25) is 0 Å². The molecule has 1 aliphatic carbocycles. The van der Waals surface area contributed by atoms with Crippen molar-refractivity contribution in [1.82, 2.24) is 4.90 Å². The van der Waals surface area contributed by atoms with E-state index in [2.05, 4.69) is 17.0 Å². The van der Waals surface area contributed by atoms with Gasteiger partial charge in [0.15, 0.2) is 11.6 Å². The molecule has 0 saturated carbocycles. The molecule has 1 N–H and O–H groups in total. The lowest BCUT2D eigenvalue weighted by Gasteiger charge is -2.39. The Morgan fingerprint density at radius 2 is 1.72 bits per heavy atom. The number of likely N-dealkylation sites (tertiary alicyclic amines) is 1. The first-order valence-electron chi connectivity index (χ1n) is 13.4. The molecule has 3 aromatic rings. The molecule has 0 aromatic heterocycles. The number of nitrogens with zero attached hydrogens (tertiary/aromatic N) is 1. The number of aryl methyl sites for hydroxylation is 1. The van der Waals surface area contributed by atoms with Crippen molar-refractivity contribution in [1.29, 1.82) is 0 Å². The van der Waals surface area contributed by atoms with E-state index in [4.69, 9.17) is 0 Å². The Kier molecular flexibility index (Phi) is 7.89. The number of hydrogen-bond acceptors (Lipinski definition) is 2. The minimum Gasteiger partial charge on any atom is -0.478 e. The summed E-state index contributed by atoms with van der Waals surface area (Å²) in [5.41, 5.74) is 6.85. The first-order valence-corrected chi connectivity index (χ1v) is 13.4. The number of fused-ring (bicyclic) bond motifs is 1. The minimum atomic E-state index is -2.27. The van der Waals surface area contributed by atoms with Crippen molar-refractivity contribution in [3.05, 3.63) is 105 Å². The molecule has 0 radical (unpaired) electrons. The summed E-state index contributed by atoms with van der Waals surface area (Å²) in [6.45, 7) is 3.65. The largest absolute Gasteiger partial charge is 0.478 e. The van der Waals surface area contributed by atoms with E-state index in [-0.39, 0.29) is 17.5 Å². The number of allylic oxidation sites excluding steroid dienone is 1. The summed E-state index contributed by atoms with van der Waals surface area (Å²) in [6, 6.07) is 16.1. The monoisotopic (exact) mass is 537 g/mol. The van der Waals surface area contributed by atoms with Gasteiger partial charge in [0.05, 0.1) is 5.56 Å². The van der Waals surface area contributed by atoms with Crippen LogP contribution in [0.1, 0.15) is 63.0 Å². The lowest BCUT2D eigenvalue weighted by molar-refractivity contribution is 0.0626. The highest BCUT2D eigenvalue weighted by Gasteiger charge is 2.27. The van der Waals surface area contributed by atoms with Crippen LogP contribution >= 0.6 is 0 Å². The van der Waals surface area contributed by atoms with Crippen molar-refractivity contribution in [2.45, 2.75) is 45.5 Å². The fourth-order valence-electron chi connectivity index (χ4n) is 5.91. The normalized spacial score (nSPS) is 16.3. The van der Waals surface area contributed by atoms with Crippen molar-refractivity contribution < 1.29 is 27.5 Å². The van der Waals surface area contributed by atoms with Crippen LogP contribution < -0.4 is 0 Å². The third-order valence-electron chi connectivity index (χ3n) is 7.92. The van der Waals surface area contributed by atoms with Gasteiger partial charge in [0.2, 0.25) is 6.43 Å². The Labute approximate surface area is 225 Å². The molecule has 204 valence electrons. The fourth-order valence-corrected chi connectivity index (χ4v) is 5.91. The van der Waals surface area contributed by atoms with Gasteiger partial charge in [-0.15, -0.1) is 0 Å². The fraction of sp³-hybridized carbons (Fsp3) is 0.344. The molecule has 3 aromatic carbocycles. The van der Waals surface area contributed by atoms with Crippen LogP contribution in [0, 0.1) is 24.5 Å². The number of hydrogen-bond donors (Lipinski definition) is 1. The molecule has 5 rings (SSSR count).